The van der Waals surface area contributed by atoms with E-state index in [2.05, 4.69) is 240 Å². The van der Waals surface area contributed by atoms with Crippen molar-refractivity contribution in [3.8, 4) is 55.9 Å². The molecule has 12 aromatic rings. The Labute approximate surface area is 366 Å². The van der Waals surface area contributed by atoms with Crippen molar-refractivity contribution in [2.45, 2.75) is 0 Å². The molecular weight excluding hydrogens is 777 g/mol. The molecule has 10 aromatic carbocycles. The minimum Gasteiger partial charge on any atom is -0.309 e. The van der Waals surface area contributed by atoms with Gasteiger partial charge in [-0.15, -0.1) is 0 Å². The Balaban J connectivity index is 1.09. The molecule has 0 atom stereocenters. The van der Waals surface area contributed by atoms with Crippen molar-refractivity contribution in [2.24, 2.45) is 0 Å². The first kappa shape index (κ1) is 34.7. The van der Waals surface area contributed by atoms with Crippen molar-refractivity contribution < 1.29 is 0 Å². The van der Waals surface area contributed by atoms with Crippen LogP contribution in [-0.2, 0) is 0 Å². The molecule has 0 unspecified atom stereocenters. The average molecular weight is 815 g/mol. The average Bonchev–Trinajstić information content (AvgIpc) is 3.80. The Bertz CT molecular complexity index is 3760. The third kappa shape index (κ3) is 4.61. The van der Waals surface area contributed by atoms with Gasteiger partial charge in [-0.2, -0.15) is 0 Å². The van der Waals surface area contributed by atoms with E-state index in [0.717, 1.165) is 11.4 Å². The highest BCUT2D eigenvalue weighted by Crippen LogP contribution is 2.45. The van der Waals surface area contributed by atoms with Gasteiger partial charge in [0.2, 0.25) is 0 Å². The maximum absolute atomic E-state index is 3.03. The summed E-state index contributed by atoms with van der Waals surface area (Å²) < 4.78 is 4.92. The van der Waals surface area contributed by atoms with Crippen LogP contribution in [0.15, 0.2) is 231 Å². The highest BCUT2D eigenvalue weighted by atomic mass is 28.3. The number of fused-ring (bicyclic) bond motifs is 20. The van der Waals surface area contributed by atoms with Crippen LogP contribution in [-0.4, -0.2) is 17.2 Å². The maximum atomic E-state index is 2.52. The van der Waals surface area contributed by atoms with E-state index in [1.807, 2.05) is 0 Å². The van der Waals surface area contributed by atoms with Crippen LogP contribution in [0.1, 0.15) is 0 Å². The molecule has 0 amide bonds. The van der Waals surface area contributed by atoms with Gasteiger partial charge in [-0.25, -0.2) is 0 Å². The zero-order valence-electron chi connectivity index (χ0n) is 34.3. The summed E-state index contributed by atoms with van der Waals surface area (Å²) in [7, 11) is -3.03. The summed E-state index contributed by atoms with van der Waals surface area (Å²) in [5, 5.41) is 10.8. The second-order valence-electron chi connectivity index (χ2n) is 17.1. The van der Waals surface area contributed by atoms with E-state index in [1.165, 1.54) is 109 Å². The molecule has 0 bridgehead atoms. The van der Waals surface area contributed by atoms with Gasteiger partial charge in [0, 0.05) is 32.9 Å². The molecule has 2 aliphatic rings. The third-order valence-electron chi connectivity index (χ3n) is 14.2. The molecule has 0 N–H and O–H groups in total. The van der Waals surface area contributed by atoms with Gasteiger partial charge >= 0.3 is 0 Å². The molecule has 2 nitrogen and oxygen atoms in total. The molecular formula is C60H38N2Si. The zero-order chi connectivity index (χ0) is 41.2. The fourth-order valence-corrected chi connectivity index (χ4v) is 17.3. The Morgan fingerprint density at radius 2 is 0.556 bits per heavy atom. The first-order valence-corrected chi connectivity index (χ1v) is 23.9. The molecule has 0 radical (unpaired) electrons. The molecule has 14 rings (SSSR count). The van der Waals surface area contributed by atoms with Gasteiger partial charge in [-0.1, -0.05) is 182 Å². The fraction of sp³-hybridized carbons (Fsp3) is 0. The lowest BCUT2D eigenvalue weighted by molar-refractivity contribution is 1.13. The van der Waals surface area contributed by atoms with E-state index in [9.17, 15) is 0 Å². The van der Waals surface area contributed by atoms with E-state index < -0.39 is 8.07 Å². The summed E-state index contributed by atoms with van der Waals surface area (Å²) in [4.78, 5) is 0. The standard InChI is InChI=1S/C60H38N2Si/c1-2-21-42-41(20-1)46-25-6-13-32-57(46)63(58-33-14-7-26-47(42)58)59-34-15-8-27-48(59)50-37-52-45-24-5-12-31-55(45)62(56(52)38-51(50)49-28-9-16-35-60(49)63)40-19-17-18-39(36-40)61-53-29-10-3-22-43(53)44-23-4-11-30-54(44)61/h1-38H. The summed E-state index contributed by atoms with van der Waals surface area (Å²) in [5.41, 5.74) is 17.5. The van der Waals surface area contributed by atoms with E-state index in [-0.39, 0.29) is 0 Å². The normalized spacial score (nSPS) is 13.2. The van der Waals surface area contributed by atoms with Gasteiger partial charge in [0.05, 0.1) is 22.1 Å². The van der Waals surface area contributed by atoms with Gasteiger partial charge < -0.3 is 9.13 Å². The van der Waals surface area contributed by atoms with Crippen LogP contribution >= 0.6 is 0 Å². The van der Waals surface area contributed by atoms with Gasteiger partial charge in [0.15, 0.2) is 8.07 Å². The summed E-state index contributed by atoms with van der Waals surface area (Å²) >= 11 is 0. The van der Waals surface area contributed by atoms with Crippen molar-refractivity contribution in [1.29, 1.82) is 0 Å². The second kappa shape index (κ2) is 13.0. The molecule has 2 aliphatic heterocycles. The number of rotatable bonds is 2. The smallest absolute Gasteiger partial charge is 0.182 e. The SMILES string of the molecule is c1cc(-n2c3ccccc3c3ccccc32)cc(-n2c3ccccc3c3cc4c(cc32)-c2ccccc2[Si]2(c3ccccc3-c3ccccc3-c3ccccc32)c2ccccc2-4)c1. The number of hydrogen-bond acceptors (Lipinski definition) is 0. The minimum atomic E-state index is -3.03. The van der Waals surface area contributed by atoms with Crippen molar-refractivity contribution in [3.05, 3.63) is 231 Å². The summed E-state index contributed by atoms with van der Waals surface area (Å²) in [6.07, 6.45) is 0. The van der Waals surface area contributed by atoms with Crippen LogP contribution in [0.4, 0.5) is 0 Å². The van der Waals surface area contributed by atoms with Crippen LogP contribution in [0.3, 0.4) is 0 Å². The number of aromatic nitrogens is 2. The number of para-hydroxylation sites is 3. The van der Waals surface area contributed by atoms with Crippen molar-refractivity contribution >= 4 is 72.4 Å². The van der Waals surface area contributed by atoms with Crippen LogP contribution in [0.2, 0.25) is 0 Å². The molecule has 2 aromatic heterocycles. The molecule has 292 valence electrons. The first-order valence-electron chi connectivity index (χ1n) is 21.9. The monoisotopic (exact) mass is 814 g/mol. The molecule has 1 spiro atoms. The molecule has 0 fully saturated rings. The predicted molar refractivity (Wildman–Crippen MR) is 268 cm³/mol. The predicted octanol–water partition coefficient (Wildman–Crippen LogP) is 12.6. The van der Waals surface area contributed by atoms with Gasteiger partial charge in [-0.3, -0.25) is 0 Å². The highest BCUT2D eigenvalue weighted by Gasteiger charge is 2.50. The lowest BCUT2D eigenvalue weighted by atomic mass is 9.92. The number of nitrogens with zero attached hydrogens (tertiary/aromatic N) is 2. The van der Waals surface area contributed by atoms with E-state index in [1.54, 1.807) is 0 Å². The maximum Gasteiger partial charge on any atom is 0.182 e. The number of hydrogen-bond donors (Lipinski definition) is 0. The molecule has 0 aliphatic carbocycles. The minimum absolute atomic E-state index is 1.14. The molecule has 0 saturated heterocycles. The van der Waals surface area contributed by atoms with Crippen LogP contribution < -0.4 is 20.7 Å². The Morgan fingerprint density at radius 1 is 0.222 bits per heavy atom. The number of benzene rings is 10. The molecule has 4 heterocycles. The van der Waals surface area contributed by atoms with E-state index in [0.29, 0.717) is 0 Å². The van der Waals surface area contributed by atoms with E-state index >= 15 is 0 Å². The third-order valence-corrected chi connectivity index (χ3v) is 19.1. The Morgan fingerprint density at radius 3 is 1.02 bits per heavy atom. The van der Waals surface area contributed by atoms with Gasteiger partial charge in [0.1, 0.15) is 0 Å². The topological polar surface area (TPSA) is 9.86 Å². The van der Waals surface area contributed by atoms with Crippen LogP contribution in [0.5, 0.6) is 0 Å². The molecule has 0 saturated carbocycles. The van der Waals surface area contributed by atoms with Crippen molar-refractivity contribution in [3.63, 3.8) is 0 Å². The lowest BCUT2D eigenvalue weighted by Gasteiger charge is -2.37. The summed E-state index contributed by atoms with van der Waals surface area (Å²) in [6.45, 7) is 0. The second-order valence-corrected chi connectivity index (χ2v) is 20.8. The fourth-order valence-electron chi connectivity index (χ4n) is 11.7. The Hall–Kier alpha value is -7.98. The first-order chi connectivity index (χ1) is 31.3. The van der Waals surface area contributed by atoms with Crippen LogP contribution in [0, 0.1) is 0 Å². The largest absolute Gasteiger partial charge is 0.309 e. The quantitative estimate of drug-likeness (QED) is 0.154. The molecule has 3 heteroatoms. The Kier molecular flexibility index (Phi) is 7.17. The molecule has 63 heavy (non-hydrogen) atoms. The summed E-state index contributed by atoms with van der Waals surface area (Å²) in [6, 6.07) is 87.1. The van der Waals surface area contributed by atoms with Crippen molar-refractivity contribution in [2.75, 3.05) is 0 Å². The van der Waals surface area contributed by atoms with Crippen LogP contribution in [0.25, 0.3) is 99.5 Å². The van der Waals surface area contributed by atoms with E-state index in [4.69, 9.17) is 0 Å². The summed E-state index contributed by atoms with van der Waals surface area (Å²) in [5.74, 6) is 0. The zero-order valence-corrected chi connectivity index (χ0v) is 35.3. The van der Waals surface area contributed by atoms with Crippen molar-refractivity contribution in [1.82, 2.24) is 9.13 Å². The van der Waals surface area contributed by atoms with Gasteiger partial charge in [0.25, 0.3) is 0 Å². The van der Waals surface area contributed by atoms with Gasteiger partial charge in [-0.05, 0) is 114 Å². The lowest BCUT2D eigenvalue weighted by Crippen LogP contribution is -2.75. The highest BCUT2D eigenvalue weighted by molar-refractivity contribution is 7.22.